The van der Waals surface area contributed by atoms with Crippen LogP contribution in [0.15, 0.2) is 65.6 Å². The van der Waals surface area contributed by atoms with Gasteiger partial charge in [0.2, 0.25) is 0 Å². The Hall–Kier alpha value is -2.49. The highest BCUT2D eigenvalue weighted by Crippen LogP contribution is 2.38. The molecule has 3 N–H and O–H groups in total. The van der Waals surface area contributed by atoms with Crippen molar-refractivity contribution in [3.63, 3.8) is 0 Å². The number of hydrogen-bond donors (Lipinski definition) is 3. The number of fused-ring (bicyclic) bond motifs is 1. The molecular formula is C29H36O7S. The Morgan fingerprint density at radius 2 is 1.78 bits per heavy atom. The summed E-state index contributed by atoms with van der Waals surface area (Å²) < 4.78 is 11.2. The maximum atomic E-state index is 13.2. The molecule has 0 saturated carbocycles. The molecule has 8 heteroatoms. The smallest absolute Gasteiger partial charge is 0.165 e. The van der Waals surface area contributed by atoms with Crippen molar-refractivity contribution in [2.75, 3.05) is 12.9 Å². The Morgan fingerprint density at radius 1 is 1.08 bits per heavy atom. The average molecular weight is 529 g/mol. The van der Waals surface area contributed by atoms with Crippen molar-refractivity contribution in [2.24, 2.45) is 11.3 Å². The standard InChI is InChI=1S/C29H36O7S/c1-29(2,3)14-13-21(30)26(33)27(34)28(35-4)23(32)15-18-17-37-25-12-8-11-24(20(25)16-22(18)31)36-19-9-6-5-7-10-19/h5-14,18,21,26-28,30,33-34H,15-17H2,1-4H3/b14-13+/t18?,21-,26+,27-,28+/m1/s1. The third kappa shape index (κ3) is 7.99. The zero-order valence-corrected chi connectivity index (χ0v) is 22.5. The highest BCUT2D eigenvalue weighted by molar-refractivity contribution is 7.99. The lowest BCUT2D eigenvalue weighted by molar-refractivity contribution is -0.148. The van der Waals surface area contributed by atoms with Gasteiger partial charge >= 0.3 is 0 Å². The minimum absolute atomic E-state index is 0.109. The van der Waals surface area contributed by atoms with Crippen LogP contribution in [0, 0.1) is 11.3 Å². The molecular weight excluding hydrogens is 492 g/mol. The third-order valence-electron chi connectivity index (χ3n) is 6.13. The van der Waals surface area contributed by atoms with Crippen LogP contribution in [-0.2, 0) is 20.7 Å². The van der Waals surface area contributed by atoms with Crippen molar-refractivity contribution < 1.29 is 34.4 Å². The summed E-state index contributed by atoms with van der Waals surface area (Å²) >= 11 is 1.48. The number of aliphatic hydroxyl groups excluding tert-OH is 3. The van der Waals surface area contributed by atoms with Crippen molar-refractivity contribution in [2.45, 2.75) is 62.9 Å². The van der Waals surface area contributed by atoms with Crippen LogP contribution in [-0.4, -0.2) is 64.2 Å². The van der Waals surface area contributed by atoms with Crippen molar-refractivity contribution in [3.8, 4) is 11.5 Å². The summed E-state index contributed by atoms with van der Waals surface area (Å²) in [4.78, 5) is 27.2. The van der Waals surface area contributed by atoms with Crippen LogP contribution >= 0.6 is 11.8 Å². The SMILES string of the molecule is CO[C@@H](C(=O)CC1CSc2cccc(Oc3ccccc3)c2CC1=O)[C@H](O)[C@@H](O)[C@H](O)/C=C/C(C)(C)C. The molecule has 1 aliphatic heterocycles. The summed E-state index contributed by atoms with van der Waals surface area (Å²) in [7, 11) is 1.25. The van der Waals surface area contributed by atoms with Crippen LogP contribution in [0.4, 0.5) is 0 Å². The summed E-state index contributed by atoms with van der Waals surface area (Å²) in [6, 6.07) is 14.9. The number of ether oxygens (including phenoxy) is 2. The summed E-state index contributed by atoms with van der Waals surface area (Å²) in [5, 5.41) is 31.3. The van der Waals surface area contributed by atoms with E-state index in [2.05, 4.69) is 0 Å². The molecule has 7 nitrogen and oxygen atoms in total. The number of Topliss-reactive ketones (excluding diaryl/α,β-unsaturated/α-hetero) is 2. The predicted octanol–water partition coefficient (Wildman–Crippen LogP) is 3.97. The van der Waals surface area contributed by atoms with E-state index in [1.807, 2.05) is 69.3 Å². The van der Waals surface area contributed by atoms with Crippen LogP contribution in [0.2, 0.25) is 0 Å². The second-order valence-corrected chi connectivity index (χ2v) is 11.4. The first kappa shape index (κ1) is 29.1. The lowest BCUT2D eigenvalue weighted by atomic mass is 9.90. The molecule has 1 unspecified atom stereocenters. The molecule has 2 aromatic carbocycles. The van der Waals surface area contributed by atoms with Gasteiger partial charge in [0.25, 0.3) is 0 Å². The number of aliphatic hydroxyl groups is 3. The summed E-state index contributed by atoms with van der Waals surface area (Å²) in [6.45, 7) is 5.78. The van der Waals surface area contributed by atoms with E-state index in [9.17, 15) is 24.9 Å². The van der Waals surface area contributed by atoms with Crippen molar-refractivity contribution in [1.29, 1.82) is 0 Å². The molecule has 2 aromatic rings. The molecule has 0 radical (unpaired) electrons. The number of carbonyl (C=O) groups is 2. The van der Waals surface area contributed by atoms with Gasteiger partial charge in [-0.25, -0.2) is 0 Å². The van der Waals surface area contributed by atoms with Gasteiger partial charge in [-0.2, -0.15) is 0 Å². The number of methoxy groups -OCH3 is 1. The number of rotatable bonds is 10. The molecule has 0 fully saturated rings. The van der Waals surface area contributed by atoms with Crippen molar-refractivity contribution >= 4 is 23.3 Å². The van der Waals surface area contributed by atoms with Crippen LogP contribution < -0.4 is 4.74 Å². The van der Waals surface area contributed by atoms with Gasteiger partial charge in [-0.1, -0.05) is 57.2 Å². The first-order chi connectivity index (χ1) is 17.5. The second kappa shape index (κ2) is 12.8. The van der Waals surface area contributed by atoms with Crippen LogP contribution in [0.3, 0.4) is 0 Å². The first-order valence-electron chi connectivity index (χ1n) is 12.3. The number of ketones is 2. The number of thioether (sulfide) groups is 1. The number of allylic oxidation sites excluding steroid dienone is 1. The number of benzene rings is 2. The normalized spacial score (nSPS) is 19.5. The molecule has 0 spiro atoms. The average Bonchev–Trinajstić information content (AvgIpc) is 3.01. The van der Waals surface area contributed by atoms with E-state index < -0.39 is 36.1 Å². The van der Waals surface area contributed by atoms with E-state index in [1.165, 1.54) is 24.9 Å². The molecule has 0 aliphatic carbocycles. The fourth-order valence-corrected chi connectivity index (χ4v) is 5.25. The Morgan fingerprint density at radius 3 is 2.43 bits per heavy atom. The van der Waals surface area contributed by atoms with Gasteiger partial charge in [0, 0.05) is 42.1 Å². The maximum absolute atomic E-state index is 13.2. The van der Waals surface area contributed by atoms with E-state index >= 15 is 0 Å². The fraction of sp³-hybridized carbons (Fsp3) is 0.448. The first-order valence-corrected chi connectivity index (χ1v) is 13.3. The Labute approximate surface area is 222 Å². The Balaban J connectivity index is 1.69. The minimum Gasteiger partial charge on any atom is -0.457 e. The Bertz CT molecular complexity index is 1090. The van der Waals surface area contributed by atoms with Crippen molar-refractivity contribution in [3.05, 3.63) is 66.2 Å². The lowest BCUT2D eigenvalue weighted by Crippen LogP contribution is -2.48. The van der Waals surface area contributed by atoms with Gasteiger partial charge in [0.15, 0.2) is 5.78 Å². The zero-order valence-electron chi connectivity index (χ0n) is 21.7. The monoisotopic (exact) mass is 528 g/mol. The molecule has 1 aliphatic rings. The highest BCUT2D eigenvalue weighted by atomic mass is 32.2. The minimum atomic E-state index is -1.66. The largest absolute Gasteiger partial charge is 0.457 e. The van der Waals surface area contributed by atoms with E-state index in [0.29, 0.717) is 17.3 Å². The third-order valence-corrected chi connectivity index (χ3v) is 7.39. The van der Waals surface area contributed by atoms with Crippen LogP contribution in [0.5, 0.6) is 11.5 Å². The lowest BCUT2D eigenvalue weighted by Gasteiger charge is -2.28. The molecule has 200 valence electrons. The molecule has 0 aromatic heterocycles. The quantitative estimate of drug-likeness (QED) is 0.397. The van der Waals surface area contributed by atoms with E-state index in [1.54, 1.807) is 6.08 Å². The molecule has 5 atom stereocenters. The van der Waals surface area contributed by atoms with Gasteiger partial charge in [-0.15, -0.1) is 11.8 Å². The Kier molecular flexibility index (Phi) is 10.1. The van der Waals surface area contributed by atoms with Gasteiger partial charge in [0.05, 0.1) is 0 Å². The summed E-state index contributed by atoms with van der Waals surface area (Å²) in [5.74, 6) is 0.440. The second-order valence-electron chi connectivity index (χ2n) is 10.3. The van der Waals surface area contributed by atoms with E-state index in [4.69, 9.17) is 9.47 Å². The highest BCUT2D eigenvalue weighted by Gasteiger charge is 2.37. The predicted molar refractivity (Wildman–Crippen MR) is 143 cm³/mol. The van der Waals surface area contributed by atoms with Crippen LogP contribution in [0.25, 0.3) is 0 Å². The van der Waals surface area contributed by atoms with E-state index in [-0.39, 0.29) is 24.0 Å². The number of carbonyl (C=O) groups excluding carboxylic acids is 2. The molecule has 0 amide bonds. The van der Waals surface area contributed by atoms with Crippen LogP contribution in [0.1, 0.15) is 32.8 Å². The summed E-state index contributed by atoms with van der Waals surface area (Å²) in [5.41, 5.74) is 0.548. The van der Waals surface area contributed by atoms with Gasteiger partial charge in [-0.05, 0) is 29.7 Å². The topological polar surface area (TPSA) is 113 Å². The molecule has 3 rings (SSSR count). The summed E-state index contributed by atoms with van der Waals surface area (Å²) in [6.07, 6.45) is -2.98. The molecule has 0 bridgehead atoms. The van der Waals surface area contributed by atoms with Crippen molar-refractivity contribution in [1.82, 2.24) is 0 Å². The molecule has 37 heavy (non-hydrogen) atoms. The zero-order chi connectivity index (χ0) is 27.2. The maximum Gasteiger partial charge on any atom is 0.165 e. The fourth-order valence-electron chi connectivity index (χ4n) is 4.04. The molecule has 0 saturated heterocycles. The number of para-hydroxylation sites is 1. The van der Waals surface area contributed by atoms with Gasteiger partial charge < -0.3 is 24.8 Å². The van der Waals surface area contributed by atoms with E-state index in [0.717, 1.165) is 10.5 Å². The van der Waals surface area contributed by atoms with Gasteiger partial charge in [0.1, 0.15) is 41.7 Å². The number of hydrogen-bond acceptors (Lipinski definition) is 8. The molecule has 1 heterocycles. The van der Waals surface area contributed by atoms with Gasteiger partial charge in [-0.3, -0.25) is 9.59 Å².